The SMILES string of the molecule is CC(C)[Si](CCCCCCCN)(C(C)C)C(C)C. The normalized spacial score (nSPS) is 13.0. The average molecular weight is 272 g/mol. The molecular formula is C16H37NSi. The Morgan fingerprint density at radius 1 is 0.667 bits per heavy atom. The molecule has 0 heterocycles. The van der Waals surface area contributed by atoms with Crippen LogP contribution < -0.4 is 5.73 Å². The molecule has 0 aromatic rings. The van der Waals surface area contributed by atoms with Crippen molar-refractivity contribution in [3.8, 4) is 0 Å². The van der Waals surface area contributed by atoms with Crippen LogP contribution in [0.2, 0.25) is 22.7 Å². The van der Waals surface area contributed by atoms with Gasteiger partial charge in [0, 0.05) is 0 Å². The Bertz CT molecular complexity index is 177. The molecule has 0 fully saturated rings. The predicted molar refractivity (Wildman–Crippen MR) is 88.0 cm³/mol. The van der Waals surface area contributed by atoms with Crippen LogP contribution in [-0.2, 0) is 0 Å². The van der Waals surface area contributed by atoms with Gasteiger partial charge in [-0.2, -0.15) is 0 Å². The van der Waals surface area contributed by atoms with Gasteiger partial charge in [0.25, 0.3) is 0 Å². The van der Waals surface area contributed by atoms with Crippen molar-refractivity contribution in [2.75, 3.05) is 6.54 Å². The summed E-state index contributed by atoms with van der Waals surface area (Å²) in [6.45, 7) is 15.7. The highest BCUT2D eigenvalue weighted by atomic mass is 28.3. The zero-order chi connectivity index (χ0) is 14.2. The molecule has 110 valence electrons. The first-order valence-electron chi connectivity index (χ1n) is 8.09. The van der Waals surface area contributed by atoms with E-state index < -0.39 is 8.07 Å². The molecule has 0 saturated carbocycles. The Morgan fingerprint density at radius 3 is 1.44 bits per heavy atom. The van der Waals surface area contributed by atoms with Crippen molar-refractivity contribution in [1.29, 1.82) is 0 Å². The fourth-order valence-corrected chi connectivity index (χ4v) is 10.6. The number of nitrogens with two attached hydrogens (primary N) is 1. The molecule has 0 aliphatic heterocycles. The lowest BCUT2D eigenvalue weighted by atomic mass is 10.1. The molecule has 0 rings (SSSR count). The second-order valence-corrected chi connectivity index (χ2v) is 13.1. The van der Waals surface area contributed by atoms with E-state index >= 15 is 0 Å². The Hall–Kier alpha value is 0.177. The highest BCUT2D eigenvalue weighted by molar-refractivity contribution is 6.83. The molecule has 0 spiro atoms. The van der Waals surface area contributed by atoms with E-state index in [9.17, 15) is 0 Å². The van der Waals surface area contributed by atoms with Crippen molar-refractivity contribution < 1.29 is 0 Å². The first-order valence-corrected chi connectivity index (χ1v) is 10.5. The molecule has 2 N–H and O–H groups in total. The van der Waals surface area contributed by atoms with Crippen LogP contribution in [0.15, 0.2) is 0 Å². The maximum atomic E-state index is 5.54. The Morgan fingerprint density at radius 2 is 1.06 bits per heavy atom. The van der Waals surface area contributed by atoms with Gasteiger partial charge in [-0.15, -0.1) is 0 Å². The molecule has 1 nitrogen and oxygen atoms in total. The summed E-state index contributed by atoms with van der Waals surface area (Å²) >= 11 is 0. The van der Waals surface area contributed by atoms with E-state index in [1.807, 2.05) is 0 Å². The molecule has 18 heavy (non-hydrogen) atoms. The summed E-state index contributed by atoms with van der Waals surface area (Å²) < 4.78 is 0. The first-order chi connectivity index (χ1) is 8.39. The summed E-state index contributed by atoms with van der Waals surface area (Å²) in [5.41, 5.74) is 8.29. The second-order valence-electron chi connectivity index (χ2n) is 6.88. The van der Waals surface area contributed by atoms with Gasteiger partial charge in [0.2, 0.25) is 0 Å². The molecule has 0 aromatic carbocycles. The van der Waals surface area contributed by atoms with Crippen molar-refractivity contribution in [3.05, 3.63) is 0 Å². The lowest BCUT2D eigenvalue weighted by Gasteiger charge is -2.43. The van der Waals surface area contributed by atoms with Crippen LogP contribution in [0.3, 0.4) is 0 Å². The quantitative estimate of drug-likeness (QED) is 0.408. The van der Waals surface area contributed by atoms with E-state index in [2.05, 4.69) is 41.5 Å². The minimum Gasteiger partial charge on any atom is -0.330 e. The maximum absolute atomic E-state index is 5.54. The molecule has 2 heteroatoms. The van der Waals surface area contributed by atoms with Gasteiger partial charge in [-0.1, -0.05) is 89.9 Å². The van der Waals surface area contributed by atoms with Crippen molar-refractivity contribution in [2.24, 2.45) is 5.73 Å². The molecule has 0 aliphatic rings. The van der Waals surface area contributed by atoms with Gasteiger partial charge < -0.3 is 5.73 Å². The van der Waals surface area contributed by atoms with Crippen LogP contribution in [0.1, 0.15) is 73.6 Å². The van der Waals surface area contributed by atoms with E-state index in [1.165, 1.54) is 38.1 Å². The average Bonchev–Trinajstić information content (AvgIpc) is 2.26. The van der Waals surface area contributed by atoms with E-state index in [4.69, 9.17) is 5.73 Å². The fraction of sp³-hybridized carbons (Fsp3) is 1.00. The molecule has 0 unspecified atom stereocenters. The third-order valence-electron chi connectivity index (χ3n) is 5.04. The summed E-state index contributed by atoms with van der Waals surface area (Å²) in [6, 6.07) is 1.53. The van der Waals surface area contributed by atoms with Gasteiger partial charge in [0.05, 0.1) is 8.07 Å². The molecule has 0 bridgehead atoms. The monoisotopic (exact) mass is 271 g/mol. The minimum atomic E-state index is -1.12. The van der Waals surface area contributed by atoms with Gasteiger partial charge >= 0.3 is 0 Å². The van der Waals surface area contributed by atoms with Gasteiger partial charge in [-0.3, -0.25) is 0 Å². The van der Waals surface area contributed by atoms with Gasteiger partial charge in [-0.25, -0.2) is 0 Å². The molecule has 0 aliphatic carbocycles. The minimum absolute atomic E-state index is 0.864. The van der Waals surface area contributed by atoms with Crippen LogP contribution in [0, 0.1) is 0 Å². The number of hydrogen-bond donors (Lipinski definition) is 1. The zero-order valence-electron chi connectivity index (χ0n) is 13.8. The standard InChI is InChI=1S/C16H37NSi/c1-14(2)18(15(3)4,16(5)6)13-11-9-7-8-10-12-17/h14-16H,7-13,17H2,1-6H3. The zero-order valence-corrected chi connectivity index (χ0v) is 14.8. The van der Waals surface area contributed by atoms with Crippen LogP contribution in [0.25, 0.3) is 0 Å². The molecule has 0 atom stereocenters. The van der Waals surface area contributed by atoms with E-state index in [1.54, 1.807) is 0 Å². The Balaban J connectivity index is 4.26. The van der Waals surface area contributed by atoms with Gasteiger partial charge in [0.1, 0.15) is 0 Å². The Kier molecular flexibility index (Phi) is 9.23. The van der Waals surface area contributed by atoms with Crippen molar-refractivity contribution in [2.45, 2.75) is 96.3 Å². The highest BCUT2D eigenvalue weighted by Gasteiger charge is 2.41. The first kappa shape index (κ1) is 18.2. The van der Waals surface area contributed by atoms with Gasteiger partial charge in [-0.05, 0) is 13.0 Å². The summed E-state index contributed by atoms with van der Waals surface area (Å²) in [5.74, 6) is 0. The van der Waals surface area contributed by atoms with Crippen LogP contribution in [-0.4, -0.2) is 14.6 Å². The lowest BCUT2D eigenvalue weighted by molar-refractivity contribution is 0.627. The van der Waals surface area contributed by atoms with Crippen LogP contribution in [0.5, 0.6) is 0 Å². The summed E-state index contributed by atoms with van der Waals surface area (Å²) in [7, 11) is -1.12. The summed E-state index contributed by atoms with van der Waals surface area (Å²) in [6.07, 6.45) is 6.79. The molecule has 0 radical (unpaired) electrons. The van der Waals surface area contributed by atoms with Crippen LogP contribution >= 0.6 is 0 Å². The second kappa shape index (κ2) is 9.14. The van der Waals surface area contributed by atoms with E-state index in [-0.39, 0.29) is 0 Å². The smallest absolute Gasteiger partial charge is 0.0612 e. The highest BCUT2D eigenvalue weighted by Crippen LogP contribution is 2.45. The number of hydrogen-bond acceptors (Lipinski definition) is 1. The summed E-state index contributed by atoms with van der Waals surface area (Å²) in [4.78, 5) is 0. The third kappa shape index (κ3) is 5.04. The van der Waals surface area contributed by atoms with Crippen molar-refractivity contribution in [1.82, 2.24) is 0 Å². The van der Waals surface area contributed by atoms with E-state index in [0.29, 0.717) is 0 Å². The maximum Gasteiger partial charge on any atom is 0.0612 e. The number of rotatable bonds is 10. The molecule has 0 aromatic heterocycles. The summed E-state index contributed by atoms with van der Waals surface area (Å²) in [5, 5.41) is 0. The number of unbranched alkanes of at least 4 members (excludes halogenated alkanes) is 4. The molecule has 0 amide bonds. The molecule has 0 saturated heterocycles. The van der Waals surface area contributed by atoms with Gasteiger partial charge in [0.15, 0.2) is 0 Å². The fourth-order valence-electron chi connectivity index (χ4n) is 3.97. The van der Waals surface area contributed by atoms with Crippen LogP contribution in [0.4, 0.5) is 0 Å². The predicted octanol–water partition coefficient (Wildman–Crippen LogP) is 5.57. The van der Waals surface area contributed by atoms with Crippen molar-refractivity contribution >= 4 is 8.07 Å². The van der Waals surface area contributed by atoms with Crippen molar-refractivity contribution in [3.63, 3.8) is 0 Å². The largest absolute Gasteiger partial charge is 0.330 e. The van der Waals surface area contributed by atoms with E-state index in [0.717, 1.165) is 23.2 Å². The molecular weight excluding hydrogens is 234 g/mol. The lowest BCUT2D eigenvalue weighted by Crippen LogP contribution is -2.44. The Labute approximate surface area is 117 Å². The third-order valence-corrected chi connectivity index (χ3v) is 12.7. The topological polar surface area (TPSA) is 26.0 Å².